The van der Waals surface area contributed by atoms with E-state index < -0.39 is 0 Å². The van der Waals surface area contributed by atoms with Crippen LogP contribution in [-0.4, -0.2) is 58.4 Å². The number of nitrogens with zero attached hydrogens (tertiary/aromatic N) is 2. The van der Waals surface area contributed by atoms with Crippen LogP contribution in [-0.2, 0) is 11.1 Å². The van der Waals surface area contributed by atoms with Gasteiger partial charge in [0.2, 0.25) is 0 Å². The van der Waals surface area contributed by atoms with E-state index in [0.717, 1.165) is 64.7 Å². The summed E-state index contributed by atoms with van der Waals surface area (Å²) in [4.78, 5) is 5.73. The fourth-order valence-electron chi connectivity index (χ4n) is 14.7. The van der Waals surface area contributed by atoms with Crippen LogP contribution >= 0.6 is 0 Å². The van der Waals surface area contributed by atoms with Crippen LogP contribution in [0.2, 0.25) is 0 Å². The van der Waals surface area contributed by atoms with Gasteiger partial charge in [0.15, 0.2) is 0 Å². The van der Waals surface area contributed by atoms with Gasteiger partial charge in [0.05, 0.1) is 23.3 Å². The molecule has 4 nitrogen and oxygen atoms in total. The Labute approximate surface area is 489 Å². The molecule has 0 spiro atoms. The number of aliphatic hydroxyl groups is 2. The summed E-state index contributed by atoms with van der Waals surface area (Å²) in [6.07, 6.45) is 73.9. The molecule has 458 valence electrons. The maximum atomic E-state index is 12.7. The third-order valence-electron chi connectivity index (χ3n) is 19.8. The zero-order valence-electron chi connectivity index (χ0n) is 53.7. The van der Waals surface area contributed by atoms with E-state index in [-0.39, 0.29) is 23.3 Å². The molecule has 2 aliphatic rings. The predicted molar refractivity (Wildman–Crippen MR) is 346 cm³/mol. The number of rotatable bonds is 56. The molecule has 0 bridgehead atoms. The van der Waals surface area contributed by atoms with E-state index in [0.29, 0.717) is 0 Å². The van der Waals surface area contributed by atoms with Crippen molar-refractivity contribution in [2.45, 2.75) is 411 Å². The standard InChI is InChI=1S/C74H140N2O2/c1-5-9-13-17-21-25-29-33-37-41-45-53-64-75(65-54-46-42-38-34-30-26-22-18-14-10-6-2)73(62-51-49-60-71(73)77)69-58-57-59-70(68-69)74(63-52-50-61-72(74)78)76(66-55-47-43-39-35-31-27-23-19-15-11-7-3)67-56-48-44-40-36-32-28-24-20-16-12-8-4/h57-59,68,71-72,77-78H,5-56,60-67H2,1-4H3. The van der Waals surface area contributed by atoms with Gasteiger partial charge in [-0.3, -0.25) is 9.80 Å². The summed E-state index contributed by atoms with van der Waals surface area (Å²) in [7, 11) is 0. The zero-order chi connectivity index (χ0) is 55.7. The lowest BCUT2D eigenvalue weighted by atomic mass is 9.69. The molecular formula is C74H140N2O2. The van der Waals surface area contributed by atoms with Crippen LogP contribution in [0.5, 0.6) is 0 Å². The lowest BCUT2D eigenvalue weighted by molar-refractivity contribution is -0.0709. The van der Waals surface area contributed by atoms with Gasteiger partial charge >= 0.3 is 0 Å². The summed E-state index contributed by atoms with van der Waals surface area (Å²) in [6.45, 7) is 13.6. The molecule has 4 atom stereocenters. The van der Waals surface area contributed by atoms with Crippen molar-refractivity contribution in [3.05, 3.63) is 35.4 Å². The Kier molecular flexibility index (Phi) is 45.2. The van der Waals surface area contributed by atoms with Gasteiger partial charge in [-0.2, -0.15) is 0 Å². The third-order valence-corrected chi connectivity index (χ3v) is 19.8. The van der Waals surface area contributed by atoms with E-state index in [1.54, 1.807) is 0 Å². The lowest BCUT2D eigenvalue weighted by Gasteiger charge is -2.52. The van der Waals surface area contributed by atoms with Crippen LogP contribution in [0.25, 0.3) is 0 Å². The monoisotopic (exact) mass is 1090 g/mol. The van der Waals surface area contributed by atoms with E-state index in [1.165, 1.54) is 332 Å². The molecule has 0 heterocycles. The van der Waals surface area contributed by atoms with E-state index in [1.807, 2.05) is 0 Å². The van der Waals surface area contributed by atoms with Gasteiger partial charge in [-0.1, -0.05) is 360 Å². The van der Waals surface area contributed by atoms with Crippen LogP contribution in [0.15, 0.2) is 24.3 Å². The molecule has 1 aromatic rings. The Morgan fingerprint density at radius 1 is 0.308 bits per heavy atom. The first kappa shape index (κ1) is 71.3. The van der Waals surface area contributed by atoms with E-state index in [9.17, 15) is 10.2 Å². The molecular weight excluding hydrogens is 949 g/mol. The normalized spacial score (nSPS) is 19.9. The van der Waals surface area contributed by atoms with Crippen LogP contribution < -0.4 is 0 Å². The molecule has 0 saturated heterocycles. The highest BCUT2D eigenvalue weighted by atomic mass is 16.3. The Hall–Kier alpha value is -0.940. The van der Waals surface area contributed by atoms with E-state index in [4.69, 9.17) is 0 Å². The van der Waals surface area contributed by atoms with Crippen molar-refractivity contribution in [1.82, 2.24) is 9.80 Å². The number of unbranched alkanes of at least 4 members (excludes halogenated alkanes) is 44. The quantitative estimate of drug-likeness (QED) is 0.0638. The molecule has 1 aromatic carbocycles. The largest absolute Gasteiger partial charge is 0.391 e. The molecule has 0 amide bonds. The Morgan fingerprint density at radius 2 is 0.513 bits per heavy atom. The number of hydrogen-bond donors (Lipinski definition) is 2. The van der Waals surface area contributed by atoms with Gasteiger partial charge in [0, 0.05) is 0 Å². The molecule has 4 heteroatoms. The van der Waals surface area contributed by atoms with Crippen molar-refractivity contribution < 1.29 is 10.2 Å². The van der Waals surface area contributed by atoms with Crippen molar-refractivity contribution in [3.63, 3.8) is 0 Å². The van der Waals surface area contributed by atoms with Crippen molar-refractivity contribution in [2.75, 3.05) is 26.2 Å². The first-order valence-corrected chi connectivity index (χ1v) is 36.5. The topological polar surface area (TPSA) is 46.9 Å². The van der Waals surface area contributed by atoms with Crippen LogP contribution in [0, 0.1) is 0 Å². The van der Waals surface area contributed by atoms with Gasteiger partial charge in [-0.05, 0) is 88.7 Å². The summed E-state index contributed by atoms with van der Waals surface area (Å²) in [5, 5.41) is 25.4. The smallest absolute Gasteiger partial charge is 0.0765 e. The second-order valence-corrected chi connectivity index (χ2v) is 26.5. The highest BCUT2D eigenvalue weighted by Gasteiger charge is 2.49. The summed E-state index contributed by atoms with van der Waals surface area (Å²) in [5.74, 6) is 0. The van der Waals surface area contributed by atoms with E-state index >= 15 is 0 Å². The molecule has 2 aliphatic carbocycles. The Morgan fingerprint density at radius 3 is 0.718 bits per heavy atom. The summed E-state index contributed by atoms with van der Waals surface area (Å²) < 4.78 is 0. The molecule has 2 N–H and O–H groups in total. The van der Waals surface area contributed by atoms with Crippen LogP contribution in [0.1, 0.15) is 398 Å². The average Bonchev–Trinajstić information content (AvgIpc) is 3.56. The van der Waals surface area contributed by atoms with E-state index in [2.05, 4.69) is 61.8 Å². The first-order chi connectivity index (χ1) is 38.5. The molecule has 0 aromatic heterocycles. The van der Waals surface area contributed by atoms with Crippen LogP contribution in [0.4, 0.5) is 0 Å². The van der Waals surface area contributed by atoms with Crippen LogP contribution in [0.3, 0.4) is 0 Å². The van der Waals surface area contributed by atoms with Crippen molar-refractivity contribution in [2.24, 2.45) is 0 Å². The summed E-state index contributed by atoms with van der Waals surface area (Å²) in [6, 6.07) is 9.82. The second kappa shape index (κ2) is 49.5. The predicted octanol–water partition coefficient (Wildman–Crippen LogP) is 23.4. The Balaban J connectivity index is 1.81. The maximum absolute atomic E-state index is 12.7. The SMILES string of the molecule is CCCCCCCCCCCCCCN(CCCCCCCCCCCCCC)C1(c2cccc(C3(N(CCCCCCCCCCCCCC)CCCCCCCCCCCCCC)CCCCC3O)c2)CCCCC1O. The highest BCUT2D eigenvalue weighted by molar-refractivity contribution is 5.37. The molecule has 0 radical (unpaired) electrons. The number of benzene rings is 1. The van der Waals surface area contributed by atoms with Gasteiger partial charge in [-0.15, -0.1) is 0 Å². The van der Waals surface area contributed by atoms with Crippen molar-refractivity contribution in [1.29, 1.82) is 0 Å². The highest BCUT2D eigenvalue weighted by Crippen LogP contribution is 2.48. The summed E-state index contributed by atoms with van der Waals surface area (Å²) in [5.41, 5.74) is 2.00. The van der Waals surface area contributed by atoms with Gasteiger partial charge < -0.3 is 10.2 Å². The summed E-state index contributed by atoms with van der Waals surface area (Å²) >= 11 is 0. The fraction of sp³-hybridized carbons (Fsp3) is 0.919. The minimum atomic E-state index is -0.361. The van der Waals surface area contributed by atoms with Crippen molar-refractivity contribution in [3.8, 4) is 0 Å². The van der Waals surface area contributed by atoms with Gasteiger partial charge in [0.1, 0.15) is 0 Å². The molecule has 3 rings (SSSR count). The van der Waals surface area contributed by atoms with Crippen molar-refractivity contribution >= 4 is 0 Å². The van der Waals surface area contributed by atoms with Gasteiger partial charge in [-0.25, -0.2) is 0 Å². The third kappa shape index (κ3) is 30.0. The fourth-order valence-corrected chi connectivity index (χ4v) is 14.7. The Bertz CT molecular complexity index is 1280. The molecule has 0 aliphatic heterocycles. The number of hydrogen-bond acceptors (Lipinski definition) is 4. The number of aliphatic hydroxyl groups excluding tert-OH is 2. The molecule has 2 saturated carbocycles. The molecule has 78 heavy (non-hydrogen) atoms. The lowest BCUT2D eigenvalue weighted by Crippen LogP contribution is -2.58. The minimum Gasteiger partial charge on any atom is -0.391 e. The minimum absolute atomic E-state index is 0.360. The second-order valence-electron chi connectivity index (χ2n) is 26.5. The van der Waals surface area contributed by atoms with Gasteiger partial charge in [0.25, 0.3) is 0 Å². The molecule has 2 fully saturated rings. The average molecular weight is 1090 g/mol. The molecule has 4 unspecified atom stereocenters. The first-order valence-electron chi connectivity index (χ1n) is 36.5. The maximum Gasteiger partial charge on any atom is 0.0765 e. The zero-order valence-corrected chi connectivity index (χ0v) is 53.7.